The first-order chi connectivity index (χ1) is 5.77. The average Bonchev–Trinajstić information content (AvgIpc) is 2.09. The zero-order valence-electron chi connectivity index (χ0n) is 7.92. The van der Waals surface area contributed by atoms with Gasteiger partial charge in [-0.1, -0.05) is 6.92 Å². The molecule has 0 radical (unpaired) electrons. The summed E-state index contributed by atoms with van der Waals surface area (Å²) >= 11 is 5.71. The summed E-state index contributed by atoms with van der Waals surface area (Å²) in [6, 6.07) is 0.534. The summed E-state index contributed by atoms with van der Waals surface area (Å²) in [5.41, 5.74) is 0. The van der Waals surface area contributed by atoms with Crippen molar-refractivity contribution in [3.05, 3.63) is 0 Å². The van der Waals surface area contributed by atoms with Crippen molar-refractivity contribution in [3.8, 4) is 0 Å². The van der Waals surface area contributed by atoms with Crippen molar-refractivity contribution in [2.45, 2.75) is 32.4 Å². The monoisotopic (exact) mass is 191 g/mol. The number of rotatable bonds is 3. The van der Waals surface area contributed by atoms with Crippen LogP contribution >= 0.6 is 11.6 Å². The highest BCUT2D eigenvalue weighted by Gasteiger charge is 2.23. The summed E-state index contributed by atoms with van der Waals surface area (Å²) in [6.07, 6.45) is 1.52. The Balaban J connectivity index is 2.36. The summed E-state index contributed by atoms with van der Waals surface area (Å²) in [4.78, 5) is 2.41. The largest absolute Gasteiger partial charge is 0.375 e. The normalized spacial score (nSPS) is 32.2. The Bertz CT molecular complexity index is 132. The lowest BCUT2D eigenvalue weighted by Gasteiger charge is -2.37. The van der Waals surface area contributed by atoms with E-state index in [0.717, 1.165) is 32.0 Å². The number of morpholine rings is 1. The minimum atomic E-state index is 0.421. The Morgan fingerprint density at radius 2 is 2.33 bits per heavy atom. The molecule has 1 aliphatic heterocycles. The van der Waals surface area contributed by atoms with E-state index in [9.17, 15) is 0 Å². The molecule has 1 rings (SSSR count). The predicted octanol–water partition coefficient (Wildman–Crippen LogP) is 1.72. The number of halogens is 1. The molecule has 0 N–H and O–H groups in total. The maximum absolute atomic E-state index is 5.71. The van der Waals surface area contributed by atoms with Crippen LogP contribution in [0.4, 0.5) is 0 Å². The Morgan fingerprint density at radius 3 is 2.92 bits per heavy atom. The molecule has 0 saturated carbocycles. The van der Waals surface area contributed by atoms with Crippen molar-refractivity contribution in [3.63, 3.8) is 0 Å². The fourth-order valence-electron chi connectivity index (χ4n) is 1.54. The summed E-state index contributed by atoms with van der Waals surface area (Å²) < 4.78 is 5.63. The van der Waals surface area contributed by atoms with E-state index in [1.54, 1.807) is 0 Å². The highest BCUT2D eigenvalue weighted by molar-refractivity contribution is 6.18. The van der Waals surface area contributed by atoms with Crippen LogP contribution in [0.1, 0.15) is 20.3 Å². The molecule has 2 atom stereocenters. The zero-order valence-corrected chi connectivity index (χ0v) is 8.68. The molecular formula is C9H18ClNO. The molecule has 0 aromatic heterocycles. The standard InChI is InChI=1S/C9H18ClNO/c1-3-9-6-11(5-4-10)8(2)7-12-9/h8-9H,3-7H2,1-2H3. The Kier molecular flexibility index (Phi) is 4.33. The van der Waals surface area contributed by atoms with Gasteiger partial charge in [-0.15, -0.1) is 11.6 Å². The molecule has 1 fully saturated rings. The lowest BCUT2D eigenvalue weighted by atomic mass is 10.1. The lowest BCUT2D eigenvalue weighted by Crippen LogP contribution is -2.48. The minimum Gasteiger partial charge on any atom is -0.375 e. The van der Waals surface area contributed by atoms with Gasteiger partial charge in [0.15, 0.2) is 0 Å². The van der Waals surface area contributed by atoms with Gasteiger partial charge in [-0.2, -0.15) is 0 Å². The molecule has 2 nitrogen and oxygen atoms in total. The summed E-state index contributed by atoms with van der Waals surface area (Å²) in [6.45, 7) is 7.25. The van der Waals surface area contributed by atoms with Crippen molar-refractivity contribution in [2.24, 2.45) is 0 Å². The first-order valence-corrected chi connectivity index (χ1v) is 5.23. The van der Waals surface area contributed by atoms with Gasteiger partial charge in [0.1, 0.15) is 0 Å². The van der Waals surface area contributed by atoms with Crippen LogP contribution in [0.3, 0.4) is 0 Å². The van der Waals surface area contributed by atoms with Crippen molar-refractivity contribution >= 4 is 11.6 Å². The van der Waals surface area contributed by atoms with Crippen LogP contribution < -0.4 is 0 Å². The van der Waals surface area contributed by atoms with Gasteiger partial charge in [0, 0.05) is 25.0 Å². The minimum absolute atomic E-state index is 0.421. The lowest BCUT2D eigenvalue weighted by molar-refractivity contribution is -0.0568. The van der Waals surface area contributed by atoms with E-state index in [1.165, 1.54) is 0 Å². The molecule has 72 valence electrons. The highest BCUT2D eigenvalue weighted by Crippen LogP contribution is 2.13. The first-order valence-electron chi connectivity index (χ1n) is 4.69. The van der Waals surface area contributed by atoms with Gasteiger partial charge in [-0.3, -0.25) is 4.90 Å². The van der Waals surface area contributed by atoms with Crippen LogP contribution in [0.2, 0.25) is 0 Å². The topological polar surface area (TPSA) is 12.5 Å². The van der Waals surface area contributed by atoms with Crippen LogP contribution in [-0.4, -0.2) is 42.6 Å². The predicted molar refractivity (Wildman–Crippen MR) is 51.8 cm³/mol. The zero-order chi connectivity index (χ0) is 8.97. The molecule has 0 amide bonds. The molecule has 0 aromatic carbocycles. The Morgan fingerprint density at radius 1 is 1.58 bits per heavy atom. The third-order valence-electron chi connectivity index (χ3n) is 2.46. The summed E-state index contributed by atoms with van der Waals surface area (Å²) in [5.74, 6) is 0.723. The van der Waals surface area contributed by atoms with E-state index in [0.29, 0.717) is 12.1 Å². The van der Waals surface area contributed by atoms with Crippen LogP contribution in [-0.2, 0) is 4.74 Å². The van der Waals surface area contributed by atoms with Crippen LogP contribution in [0.25, 0.3) is 0 Å². The third kappa shape index (κ3) is 2.61. The molecule has 0 aromatic rings. The Hall–Kier alpha value is 0.210. The van der Waals surface area contributed by atoms with Crippen LogP contribution in [0, 0.1) is 0 Å². The smallest absolute Gasteiger partial charge is 0.0700 e. The van der Waals surface area contributed by atoms with Gasteiger partial charge in [-0.25, -0.2) is 0 Å². The van der Waals surface area contributed by atoms with Gasteiger partial charge in [0.25, 0.3) is 0 Å². The SMILES string of the molecule is CCC1CN(CCCl)C(C)CO1. The second kappa shape index (κ2) is 5.05. The second-order valence-electron chi connectivity index (χ2n) is 3.40. The van der Waals surface area contributed by atoms with E-state index in [1.807, 2.05) is 0 Å². The molecule has 12 heavy (non-hydrogen) atoms. The van der Waals surface area contributed by atoms with E-state index in [2.05, 4.69) is 18.7 Å². The molecule has 0 aliphatic carbocycles. The Labute approximate surface area is 79.8 Å². The number of ether oxygens (including phenoxy) is 1. The summed E-state index contributed by atoms with van der Waals surface area (Å²) in [7, 11) is 0. The molecule has 3 heteroatoms. The fraction of sp³-hybridized carbons (Fsp3) is 1.00. The highest BCUT2D eigenvalue weighted by atomic mass is 35.5. The van der Waals surface area contributed by atoms with Gasteiger partial charge in [-0.05, 0) is 13.3 Å². The molecule has 1 saturated heterocycles. The molecule has 1 heterocycles. The van der Waals surface area contributed by atoms with Crippen molar-refractivity contribution in [2.75, 3.05) is 25.6 Å². The van der Waals surface area contributed by atoms with Gasteiger partial charge < -0.3 is 4.74 Å². The molecule has 0 bridgehead atoms. The van der Waals surface area contributed by atoms with Gasteiger partial charge in [0.05, 0.1) is 12.7 Å². The van der Waals surface area contributed by atoms with Crippen LogP contribution in [0.5, 0.6) is 0 Å². The maximum atomic E-state index is 5.71. The van der Waals surface area contributed by atoms with Crippen molar-refractivity contribution in [1.29, 1.82) is 0 Å². The van der Waals surface area contributed by atoms with Gasteiger partial charge in [0.2, 0.25) is 0 Å². The van der Waals surface area contributed by atoms with Crippen LogP contribution in [0.15, 0.2) is 0 Å². The second-order valence-corrected chi connectivity index (χ2v) is 3.77. The number of alkyl halides is 1. The third-order valence-corrected chi connectivity index (χ3v) is 2.63. The quantitative estimate of drug-likeness (QED) is 0.630. The van der Waals surface area contributed by atoms with Crippen molar-refractivity contribution in [1.82, 2.24) is 4.90 Å². The molecular weight excluding hydrogens is 174 g/mol. The number of nitrogens with zero attached hydrogens (tertiary/aromatic N) is 1. The van der Waals surface area contributed by atoms with E-state index >= 15 is 0 Å². The maximum Gasteiger partial charge on any atom is 0.0700 e. The molecule has 0 spiro atoms. The number of hydrogen-bond acceptors (Lipinski definition) is 2. The summed E-state index contributed by atoms with van der Waals surface area (Å²) in [5, 5.41) is 0. The van der Waals surface area contributed by atoms with E-state index in [4.69, 9.17) is 16.3 Å². The number of hydrogen-bond donors (Lipinski definition) is 0. The van der Waals surface area contributed by atoms with Crippen molar-refractivity contribution < 1.29 is 4.74 Å². The van der Waals surface area contributed by atoms with Gasteiger partial charge >= 0.3 is 0 Å². The average molecular weight is 192 g/mol. The van der Waals surface area contributed by atoms with E-state index in [-0.39, 0.29) is 0 Å². The first kappa shape index (κ1) is 10.3. The molecule has 2 unspecified atom stereocenters. The molecule has 1 aliphatic rings. The fourth-order valence-corrected chi connectivity index (χ4v) is 1.76. The van der Waals surface area contributed by atoms with E-state index < -0.39 is 0 Å².